The number of hydrogen-bond donors (Lipinski definition) is 0. The molecule has 0 spiro atoms. The third kappa shape index (κ3) is 2.86. The first-order chi connectivity index (χ1) is 3.31. The number of alkyl halides is 1. The molecular formula is C4H2FO2. The Hall–Kier alpha value is -0.950. The second-order valence-electron chi connectivity index (χ2n) is 0.804. The number of rotatable bonds is 2. The Morgan fingerprint density at radius 1 is 1.57 bits per heavy atom. The van der Waals surface area contributed by atoms with Gasteiger partial charge in [0.15, 0.2) is 6.17 Å². The maximum atomic E-state index is 11.4. The van der Waals surface area contributed by atoms with Gasteiger partial charge in [-0.25, -0.2) is 9.18 Å². The third-order valence-corrected chi connectivity index (χ3v) is 0.327. The van der Waals surface area contributed by atoms with E-state index in [1.807, 2.05) is 0 Å². The van der Waals surface area contributed by atoms with Crippen molar-refractivity contribution in [1.29, 1.82) is 0 Å². The normalized spacial score (nSPS) is 11.6. The van der Waals surface area contributed by atoms with E-state index in [0.717, 1.165) is 12.2 Å². The molecule has 0 saturated carbocycles. The Morgan fingerprint density at radius 3 is 2.29 bits per heavy atom. The molecule has 0 heterocycles. The van der Waals surface area contributed by atoms with Gasteiger partial charge in [0.2, 0.25) is 6.29 Å². The molecule has 37 valence electrons. The van der Waals surface area contributed by atoms with E-state index in [1.165, 1.54) is 0 Å². The smallest absolute Gasteiger partial charge is 0.240 e. The van der Waals surface area contributed by atoms with E-state index in [4.69, 9.17) is 0 Å². The van der Waals surface area contributed by atoms with Gasteiger partial charge in [-0.05, 0) is 0 Å². The summed E-state index contributed by atoms with van der Waals surface area (Å²) in [7, 11) is 0. The lowest BCUT2D eigenvalue weighted by Gasteiger charge is -1.75. The number of allylic oxidation sites excluding steroid dienone is 1. The monoisotopic (exact) mass is 101 g/mol. The highest BCUT2D eigenvalue weighted by molar-refractivity contribution is 5.65. The molecule has 0 rings (SSSR count). The van der Waals surface area contributed by atoms with Gasteiger partial charge in [0, 0.05) is 6.08 Å². The lowest BCUT2D eigenvalue weighted by atomic mass is 10.4. The van der Waals surface area contributed by atoms with Crippen molar-refractivity contribution in [3.8, 4) is 0 Å². The van der Waals surface area contributed by atoms with E-state index in [1.54, 1.807) is 0 Å². The molecule has 1 radical (unpaired) electrons. The highest BCUT2D eigenvalue weighted by Gasteiger charge is 1.95. The average Bonchev–Trinajstić information content (AvgIpc) is 1.68. The van der Waals surface area contributed by atoms with Crippen molar-refractivity contribution in [2.75, 3.05) is 0 Å². The minimum atomic E-state index is -1.91. The van der Waals surface area contributed by atoms with Crippen molar-refractivity contribution < 1.29 is 14.0 Å². The summed E-state index contributed by atoms with van der Waals surface area (Å²) in [6, 6.07) is 0. The highest BCUT2D eigenvalue weighted by Crippen LogP contribution is 1.80. The van der Waals surface area contributed by atoms with Crippen molar-refractivity contribution in [3.05, 3.63) is 6.08 Å². The minimum absolute atomic E-state index is 0.451. The summed E-state index contributed by atoms with van der Waals surface area (Å²) in [4.78, 5) is 18.4. The molecule has 1 atom stereocenters. The largest absolute Gasteiger partial charge is 0.287 e. The zero-order valence-corrected chi connectivity index (χ0v) is 3.35. The second kappa shape index (κ2) is 3.25. The van der Waals surface area contributed by atoms with E-state index >= 15 is 0 Å². The van der Waals surface area contributed by atoms with Gasteiger partial charge in [-0.3, -0.25) is 4.79 Å². The van der Waals surface area contributed by atoms with Gasteiger partial charge in [0.05, 0.1) is 0 Å². The Morgan fingerprint density at radius 2 is 2.14 bits per heavy atom. The highest BCUT2D eigenvalue weighted by atomic mass is 19.1. The first-order valence-electron chi connectivity index (χ1n) is 1.54. The molecule has 0 aromatic rings. The molecule has 0 aromatic carbocycles. The first kappa shape index (κ1) is 6.05. The van der Waals surface area contributed by atoms with Crippen molar-refractivity contribution in [2.24, 2.45) is 0 Å². The predicted molar refractivity (Wildman–Crippen MR) is 20.9 cm³/mol. The predicted octanol–water partition coefficient (Wildman–Crippen LogP) is -0.178. The fourth-order valence-electron chi connectivity index (χ4n) is 0.0938. The standard InChI is InChI=1S/C4H2FO2/c5-4(3-7)1-2-6/h1,4H. The maximum Gasteiger partial charge on any atom is 0.240 e. The number of halogens is 1. The molecule has 0 aliphatic rings. The van der Waals surface area contributed by atoms with Crippen LogP contribution in [0.3, 0.4) is 0 Å². The van der Waals surface area contributed by atoms with E-state index in [2.05, 4.69) is 0 Å². The Kier molecular flexibility index (Phi) is 2.81. The van der Waals surface area contributed by atoms with Crippen LogP contribution in [0.5, 0.6) is 0 Å². The molecule has 0 aliphatic heterocycles. The summed E-state index contributed by atoms with van der Waals surface area (Å²) in [6.07, 6.45) is -0.523. The van der Waals surface area contributed by atoms with Gasteiger partial charge in [0.1, 0.15) is 5.94 Å². The molecule has 3 heteroatoms. The maximum absolute atomic E-state index is 11.4. The molecule has 0 aromatic heterocycles. The molecule has 7 heavy (non-hydrogen) atoms. The first-order valence-corrected chi connectivity index (χ1v) is 1.54. The lowest BCUT2D eigenvalue weighted by Crippen LogP contribution is -1.93. The van der Waals surface area contributed by atoms with Gasteiger partial charge in [-0.15, -0.1) is 0 Å². The van der Waals surface area contributed by atoms with Gasteiger partial charge in [-0.2, -0.15) is 0 Å². The fourth-order valence-corrected chi connectivity index (χ4v) is 0.0938. The zero-order chi connectivity index (χ0) is 5.70. The van der Waals surface area contributed by atoms with Gasteiger partial charge in [-0.1, -0.05) is 0 Å². The van der Waals surface area contributed by atoms with E-state index in [-0.39, 0.29) is 0 Å². The van der Waals surface area contributed by atoms with Crippen LogP contribution in [0, 0.1) is 0 Å². The SMILES string of the molecule is O=[C]C(F)C=C=O. The van der Waals surface area contributed by atoms with Crippen LogP contribution < -0.4 is 0 Å². The molecule has 0 N–H and O–H groups in total. The second-order valence-corrected chi connectivity index (χ2v) is 0.804. The molecule has 1 unspecified atom stereocenters. The van der Waals surface area contributed by atoms with E-state index < -0.39 is 6.17 Å². The van der Waals surface area contributed by atoms with Crippen LogP contribution in [0.25, 0.3) is 0 Å². The molecule has 0 saturated heterocycles. The summed E-state index contributed by atoms with van der Waals surface area (Å²) in [5.74, 6) is 1.11. The van der Waals surface area contributed by atoms with Crippen LogP contribution in [0.1, 0.15) is 0 Å². The van der Waals surface area contributed by atoms with Crippen LogP contribution in [-0.2, 0) is 9.59 Å². The summed E-state index contributed by atoms with van der Waals surface area (Å²) >= 11 is 0. The third-order valence-electron chi connectivity index (χ3n) is 0.327. The molecule has 0 aliphatic carbocycles. The molecule has 2 nitrogen and oxygen atoms in total. The minimum Gasteiger partial charge on any atom is -0.287 e. The van der Waals surface area contributed by atoms with Crippen molar-refractivity contribution in [2.45, 2.75) is 6.17 Å². The number of carbonyl (C=O) groups excluding carboxylic acids is 2. The van der Waals surface area contributed by atoms with Crippen LogP contribution in [0.15, 0.2) is 6.08 Å². The van der Waals surface area contributed by atoms with Crippen molar-refractivity contribution in [3.63, 3.8) is 0 Å². The molecule has 0 amide bonds. The fraction of sp³-hybridized carbons (Fsp3) is 0.250. The molecule has 0 bridgehead atoms. The average molecular weight is 101 g/mol. The van der Waals surface area contributed by atoms with E-state index in [9.17, 15) is 14.0 Å². The lowest BCUT2D eigenvalue weighted by molar-refractivity contribution is 0.450. The summed E-state index contributed by atoms with van der Waals surface area (Å²) in [5, 5.41) is 0. The number of hydrogen-bond acceptors (Lipinski definition) is 2. The van der Waals surface area contributed by atoms with Gasteiger partial charge >= 0.3 is 0 Å². The van der Waals surface area contributed by atoms with Crippen LogP contribution in [0.2, 0.25) is 0 Å². The van der Waals surface area contributed by atoms with Gasteiger partial charge < -0.3 is 0 Å². The van der Waals surface area contributed by atoms with Crippen LogP contribution in [-0.4, -0.2) is 18.4 Å². The molecular weight excluding hydrogens is 99.0 g/mol. The van der Waals surface area contributed by atoms with E-state index in [0.29, 0.717) is 6.08 Å². The Balaban J connectivity index is 3.56. The Labute approximate surface area is 39.6 Å². The summed E-state index contributed by atoms with van der Waals surface area (Å²) < 4.78 is 11.4. The summed E-state index contributed by atoms with van der Waals surface area (Å²) in [6.45, 7) is 0. The van der Waals surface area contributed by atoms with Crippen LogP contribution in [0.4, 0.5) is 4.39 Å². The Bertz CT molecular complexity index is 104. The molecule has 0 fully saturated rings. The van der Waals surface area contributed by atoms with Crippen molar-refractivity contribution >= 4 is 12.2 Å². The summed E-state index contributed by atoms with van der Waals surface area (Å²) in [5.41, 5.74) is 0. The van der Waals surface area contributed by atoms with Crippen molar-refractivity contribution in [1.82, 2.24) is 0 Å². The quantitative estimate of drug-likeness (QED) is 0.452. The van der Waals surface area contributed by atoms with Crippen LogP contribution >= 0.6 is 0 Å². The topological polar surface area (TPSA) is 34.1 Å². The zero-order valence-electron chi connectivity index (χ0n) is 3.35. The van der Waals surface area contributed by atoms with Gasteiger partial charge in [0.25, 0.3) is 0 Å².